The molecule has 0 atom stereocenters. The standard InChI is InChI=1S/C11H12NO/c1-4-11(13)12-10-6-5-8(2)7-9(10)3/h4-7H,1,3H2,2H3,(H,12,13). The SMILES string of the molecule is [CH2]c1cc(C)ccc1NC(=O)C=C. The monoisotopic (exact) mass is 174 g/mol. The second-order valence-electron chi connectivity index (χ2n) is 2.85. The van der Waals surface area contributed by atoms with E-state index in [1.54, 1.807) is 0 Å². The zero-order chi connectivity index (χ0) is 9.84. The molecule has 0 aliphatic heterocycles. The van der Waals surface area contributed by atoms with Gasteiger partial charge in [-0.25, -0.2) is 0 Å². The van der Waals surface area contributed by atoms with Crippen LogP contribution in [-0.2, 0) is 4.79 Å². The van der Waals surface area contributed by atoms with Crippen molar-refractivity contribution < 1.29 is 4.79 Å². The average molecular weight is 174 g/mol. The van der Waals surface area contributed by atoms with E-state index in [4.69, 9.17) is 0 Å². The van der Waals surface area contributed by atoms with Gasteiger partial charge in [-0.15, -0.1) is 0 Å². The van der Waals surface area contributed by atoms with Crippen molar-refractivity contribution in [2.45, 2.75) is 6.92 Å². The van der Waals surface area contributed by atoms with Gasteiger partial charge >= 0.3 is 0 Å². The summed E-state index contributed by atoms with van der Waals surface area (Å²) in [4.78, 5) is 11.0. The van der Waals surface area contributed by atoms with E-state index in [1.165, 1.54) is 6.08 Å². The molecule has 0 spiro atoms. The van der Waals surface area contributed by atoms with E-state index in [2.05, 4.69) is 18.8 Å². The van der Waals surface area contributed by atoms with E-state index < -0.39 is 0 Å². The molecule has 1 aromatic carbocycles. The number of benzene rings is 1. The molecule has 13 heavy (non-hydrogen) atoms. The first-order valence-electron chi connectivity index (χ1n) is 3.99. The molecule has 0 saturated carbocycles. The molecule has 1 aromatic rings. The Hall–Kier alpha value is -1.57. The summed E-state index contributed by atoms with van der Waals surface area (Å²) in [5.41, 5.74) is 2.67. The maximum atomic E-state index is 11.0. The molecular formula is C11H12NO. The number of amides is 1. The van der Waals surface area contributed by atoms with Gasteiger partial charge in [0.1, 0.15) is 0 Å². The first kappa shape index (κ1) is 9.52. The van der Waals surface area contributed by atoms with Gasteiger partial charge in [0.25, 0.3) is 0 Å². The molecule has 67 valence electrons. The normalized spacial score (nSPS) is 9.38. The van der Waals surface area contributed by atoms with Gasteiger partial charge in [-0.05, 0) is 31.6 Å². The molecule has 0 unspecified atom stereocenters. The number of hydrogen-bond donors (Lipinski definition) is 1. The van der Waals surface area contributed by atoms with Crippen LogP contribution in [0.5, 0.6) is 0 Å². The van der Waals surface area contributed by atoms with Crippen LogP contribution in [0.1, 0.15) is 11.1 Å². The van der Waals surface area contributed by atoms with Crippen molar-refractivity contribution in [3.05, 3.63) is 48.9 Å². The number of nitrogens with one attached hydrogen (secondary N) is 1. The van der Waals surface area contributed by atoms with Crippen LogP contribution in [0.4, 0.5) is 5.69 Å². The van der Waals surface area contributed by atoms with Crippen molar-refractivity contribution in [3.63, 3.8) is 0 Å². The quantitative estimate of drug-likeness (QED) is 0.685. The van der Waals surface area contributed by atoms with Crippen molar-refractivity contribution in [2.75, 3.05) is 5.32 Å². The van der Waals surface area contributed by atoms with Gasteiger partial charge in [0.15, 0.2) is 0 Å². The van der Waals surface area contributed by atoms with Crippen LogP contribution in [0.3, 0.4) is 0 Å². The number of carbonyl (C=O) groups excluding carboxylic acids is 1. The van der Waals surface area contributed by atoms with Gasteiger partial charge in [-0.3, -0.25) is 4.79 Å². The summed E-state index contributed by atoms with van der Waals surface area (Å²) in [7, 11) is 0. The van der Waals surface area contributed by atoms with Crippen LogP contribution >= 0.6 is 0 Å². The Morgan fingerprint density at radius 2 is 2.23 bits per heavy atom. The van der Waals surface area contributed by atoms with Crippen LogP contribution in [0.15, 0.2) is 30.9 Å². The zero-order valence-electron chi connectivity index (χ0n) is 7.63. The second-order valence-corrected chi connectivity index (χ2v) is 2.85. The van der Waals surface area contributed by atoms with Gasteiger partial charge in [-0.2, -0.15) is 0 Å². The number of rotatable bonds is 2. The summed E-state index contributed by atoms with van der Waals surface area (Å²) in [5.74, 6) is -0.214. The van der Waals surface area contributed by atoms with E-state index in [0.29, 0.717) is 0 Å². The third-order valence-electron chi connectivity index (χ3n) is 1.70. The smallest absolute Gasteiger partial charge is 0.247 e. The summed E-state index contributed by atoms with van der Waals surface area (Å²) >= 11 is 0. The minimum Gasteiger partial charge on any atom is -0.322 e. The predicted octanol–water partition coefficient (Wildman–Crippen LogP) is 2.30. The summed E-state index contributed by atoms with van der Waals surface area (Å²) in [6.45, 7) is 9.17. The van der Waals surface area contributed by atoms with Crippen LogP contribution in [0.25, 0.3) is 0 Å². The van der Waals surface area contributed by atoms with Crippen LogP contribution in [0, 0.1) is 13.8 Å². The van der Waals surface area contributed by atoms with E-state index in [1.807, 2.05) is 25.1 Å². The summed E-state index contributed by atoms with van der Waals surface area (Å²) < 4.78 is 0. The molecule has 1 rings (SSSR count). The fourth-order valence-electron chi connectivity index (χ4n) is 1.03. The first-order valence-corrected chi connectivity index (χ1v) is 3.99. The third-order valence-corrected chi connectivity index (χ3v) is 1.70. The molecule has 1 N–H and O–H groups in total. The van der Waals surface area contributed by atoms with Gasteiger partial charge in [0.2, 0.25) is 5.91 Å². The lowest BCUT2D eigenvalue weighted by Gasteiger charge is -2.06. The van der Waals surface area contributed by atoms with E-state index in [-0.39, 0.29) is 5.91 Å². The van der Waals surface area contributed by atoms with Crippen molar-refractivity contribution in [1.82, 2.24) is 0 Å². The summed E-state index contributed by atoms with van der Waals surface area (Å²) in [6.07, 6.45) is 1.24. The Balaban J connectivity index is 2.89. The number of aryl methyl sites for hydroxylation is 1. The Kier molecular flexibility index (Phi) is 2.85. The molecule has 0 saturated heterocycles. The van der Waals surface area contributed by atoms with Crippen molar-refractivity contribution in [3.8, 4) is 0 Å². The highest BCUT2D eigenvalue weighted by atomic mass is 16.1. The highest BCUT2D eigenvalue weighted by Gasteiger charge is 2.00. The Morgan fingerprint density at radius 1 is 1.54 bits per heavy atom. The molecule has 1 radical (unpaired) electrons. The van der Waals surface area contributed by atoms with Crippen molar-refractivity contribution in [1.29, 1.82) is 0 Å². The lowest BCUT2D eigenvalue weighted by Crippen LogP contribution is -2.08. The fraction of sp³-hybridized carbons (Fsp3) is 0.0909. The van der Waals surface area contributed by atoms with Crippen molar-refractivity contribution >= 4 is 11.6 Å². The lowest BCUT2D eigenvalue weighted by atomic mass is 10.1. The Morgan fingerprint density at radius 3 is 2.77 bits per heavy atom. The highest BCUT2D eigenvalue weighted by Crippen LogP contribution is 2.15. The average Bonchev–Trinajstić information content (AvgIpc) is 2.09. The van der Waals surface area contributed by atoms with E-state index in [0.717, 1.165) is 16.8 Å². The van der Waals surface area contributed by atoms with Crippen LogP contribution in [0.2, 0.25) is 0 Å². The molecule has 2 heteroatoms. The lowest BCUT2D eigenvalue weighted by molar-refractivity contribution is -0.111. The molecule has 1 amide bonds. The summed E-state index contributed by atoms with van der Waals surface area (Å²) in [5, 5.41) is 2.67. The van der Waals surface area contributed by atoms with Crippen LogP contribution in [-0.4, -0.2) is 5.91 Å². The molecule has 2 nitrogen and oxygen atoms in total. The van der Waals surface area contributed by atoms with Gasteiger partial charge in [-0.1, -0.05) is 24.3 Å². The van der Waals surface area contributed by atoms with Crippen LogP contribution < -0.4 is 5.32 Å². The minimum atomic E-state index is -0.214. The van der Waals surface area contributed by atoms with E-state index >= 15 is 0 Å². The van der Waals surface area contributed by atoms with E-state index in [9.17, 15) is 4.79 Å². The van der Waals surface area contributed by atoms with Crippen molar-refractivity contribution in [2.24, 2.45) is 0 Å². The Labute approximate surface area is 78.3 Å². The maximum absolute atomic E-state index is 11.0. The molecule has 0 fully saturated rings. The van der Waals surface area contributed by atoms with Gasteiger partial charge in [0, 0.05) is 5.69 Å². The first-order chi connectivity index (χ1) is 6.13. The zero-order valence-corrected chi connectivity index (χ0v) is 7.63. The Bertz CT molecular complexity index is 342. The van der Waals surface area contributed by atoms with Gasteiger partial charge < -0.3 is 5.32 Å². The molecule has 0 bridgehead atoms. The molecule has 0 aromatic heterocycles. The molecule has 0 aliphatic rings. The summed E-state index contributed by atoms with van der Waals surface area (Å²) in [6, 6.07) is 5.67. The van der Waals surface area contributed by atoms with Gasteiger partial charge in [0.05, 0.1) is 0 Å². The second kappa shape index (κ2) is 3.90. The number of anilines is 1. The molecular weight excluding hydrogens is 162 g/mol. The molecule has 0 aliphatic carbocycles. The molecule has 0 heterocycles. The topological polar surface area (TPSA) is 29.1 Å². The third kappa shape index (κ3) is 2.44. The fourth-order valence-corrected chi connectivity index (χ4v) is 1.03. The predicted molar refractivity (Wildman–Crippen MR) is 54.5 cm³/mol. The largest absolute Gasteiger partial charge is 0.322 e. The highest BCUT2D eigenvalue weighted by molar-refractivity contribution is 5.99. The maximum Gasteiger partial charge on any atom is 0.247 e. The number of carbonyl (C=O) groups is 1. The number of hydrogen-bond acceptors (Lipinski definition) is 1. The minimum absolute atomic E-state index is 0.214.